The number of hydrogen-bond donors (Lipinski definition) is 1. The molecule has 0 fully saturated rings. The molecule has 1 rings (SSSR count). The minimum Gasteiger partial charge on any atom is -0.383 e. The average molecular weight is 295 g/mol. The first kappa shape index (κ1) is 17.7. The van der Waals surface area contributed by atoms with E-state index in [0.29, 0.717) is 18.9 Å². The molecular weight excluding hydrogens is 266 g/mol. The first-order valence-electron chi connectivity index (χ1n) is 7.66. The molecule has 21 heavy (non-hydrogen) atoms. The summed E-state index contributed by atoms with van der Waals surface area (Å²) in [5, 5.41) is 7.52. The maximum Gasteiger partial charge on any atom is 0.220 e. The summed E-state index contributed by atoms with van der Waals surface area (Å²) in [4.78, 5) is 11.9. The molecule has 5 nitrogen and oxygen atoms in total. The minimum atomic E-state index is 0.0494. The van der Waals surface area contributed by atoms with Crippen LogP contribution in [-0.2, 0) is 22.5 Å². The summed E-state index contributed by atoms with van der Waals surface area (Å²) in [6, 6.07) is 0.0494. The van der Waals surface area contributed by atoms with E-state index in [1.165, 1.54) is 11.3 Å². The van der Waals surface area contributed by atoms with E-state index in [1.807, 2.05) is 13.8 Å². The van der Waals surface area contributed by atoms with Crippen LogP contribution in [0.4, 0.5) is 0 Å². The fourth-order valence-electron chi connectivity index (χ4n) is 2.50. The number of ether oxygens (including phenoxy) is 1. The molecule has 0 aliphatic heterocycles. The van der Waals surface area contributed by atoms with Crippen molar-refractivity contribution in [2.45, 2.75) is 60.0 Å². The number of nitrogens with zero attached hydrogens (tertiary/aromatic N) is 2. The fourth-order valence-corrected chi connectivity index (χ4v) is 2.50. The molecule has 0 aromatic carbocycles. The van der Waals surface area contributed by atoms with Crippen molar-refractivity contribution in [3.63, 3.8) is 0 Å². The van der Waals surface area contributed by atoms with E-state index in [2.05, 4.69) is 35.9 Å². The summed E-state index contributed by atoms with van der Waals surface area (Å²) in [5.41, 5.74) is 3.41. The molecule has 1 aromatic heterocycles. The Morgan fingerprint density at radius 2 is 2.00 bits per heavy atom. The first-order chi connectivity index (χ1) is 9.85. The number of methoxy groups -OCH3 is 1. The van der Waals surface area contributed by atoms with Gasteiger partial charge in [0.25, 0.3) is 0 Å². The molecule has 1 amide bonds. The first-order valence-corrected chi connectivity index (χ1v) is 7.66. The summed E-state index contributed by atoms with van der Waals surface area (Å²) < 4.78 is 7.07. The summed E-state index contributed by atoms with van der Waals surface area (Å²) >= 11 is 0. The quantitative estimate of drug-likeness (QED) is 0.800. The monoisotopic (exact) mass is 295 g/mol. The number of aromatic nitrogens is 2. The molecule has 0 saturated heterocycles. The van der Waals surface area contributed by atoms with Gasteiger partial charge in [0.2, 0.25) is 5.91 Å². The van der Waals surface area contributed by atoms with Gasteiger partial charge in [-0.3, -0.25) is 9.48 Å². The number of hydrogen-bond acceptors (Lipinski definition) is 3. The van der Waals surface area contributed by atoms with Crippen LogP contribution in [0.25, 0.3) is 0 Å². The van der Waals surface area contributed by atoms with Gasteiger partial charge in [0.15, 0.2) is 0 Å². The number of rotatable bonds is 8. The predicted molar refractivity (Wildman–Crippen MR) is 84.3 cm³/mol. The lowest BCUT2D eigenvalue weighted by Gasteiger charge is -2.12. The molecule has 0 bridgehead atoms. The standard InChI is InChI=1S/C16H29N3O2/c1-11(2)9-19-14(5)15(13(4)18-19)7-8-16(20)17-12(3)10-21-6/h11-12H,7-10H2,1-6H3,(H,17,20). The van der Waals surface area contributed by atoms with Gasteiger partial charge < -0.3 is 10.1 Å². The molecule has 1 N–H and O–H groups in total. The second kappa shape index (κ2) is 8.17. The topological polar surface area (TPSA) is 56.1 Å². The number of amides is 1. The van der Waals surface area contributed by atoms with Crippen molar-refractivity contribution in [3.05, 3.63) is 17.0 Å². The predicted octanol–water partition coefficient (Wildman–Crippen LogP) is 2.24. The smallest absolute Gasteiger partial charge is 0.220 e. The highest BCUT2D eigenvalue weighted by molar-refractivity contribution is 5.76. The normalized spacial score (nSPS) is 12.7. The third-order valence-electron chi connectivity index (χ3n) is 3.50. The summed E-state index contributed by atoms with van der Waals surface area (Å²) in [6.45, 7) is 11.9. The lowest BCUT2D eigenvalue weighted by atomic mass is 10.1. The molecule has 0 aliphatic carbocycles. The number of aryl methyl sites for hydroxylation is 1. The third kappa shape index (κ3) is 5.50. The maximum atomic E-state index is 11.9. The van der Waals surface area contributed by atoms with Gasteiger partial charge in [-0.2, -0.15) is 5.10 Å². The van der Waals surface area contributed by atoms with Gasteiger partial charge in [-0.1, -0.05) is 13.8 Å². The molecule has 1 atom stereocenters. The van der Waals surface area contributed by atoms with E-state index in [4.69, 9.17) is 4.74 Å². The Morgan fingerprint density at radius 3 is 2.57 bits per heavy atom. The van der Waals surface area contributed by atoms with Crippen molar-refractivity contribution in [1.82, 2.24) is 15.1 Å². The molecule has 120 valence electrons. The SMILES string of the molecule is COCC(C)NC(=O)CCc1c(C)nn(CC(C)C)c1C. The van der Waals surface area contributed by atoms with E-state index in [9.17, 15) is 4.79 Å². The van der Waals surface area contributed by atoms with Crippen molar-refractivity contribution in [2.24, 2.45) is 5.92 Å². The minimum absolute atomic E-state index is 0.0494. The van der Waals surface area contributed by atoms with E-state index >= 15 is 0 Å². The Balaban J connectivity index is 2.59. The lowest BCUT2D eigenvalue weighted by Crippen LogP contribution is -2.35. The zero-order chi connectivity index (χ0) is 16.0. The molecule has 5 heteroatoms. The second-order valence-electron chi connectivity index (χ2n) is 6.15. The van der Waals surface area contributed by atoms with Crippen LogP contribution < -0.4 is 5.32 Å². The van der Waals surface area contributed by atoms with Crippen molar-refractivity contribution < 1.29 is 9.53 Å². The number of carbonyl (C=O) groups excluding carboxylic acids is 1. The Hall–Kier alpha value is -1.36. The third-order valence-corrected chi connectivity index (χ3v) is 3.50. The van der Waals surface area contributed by atoms with Crippen molar-refractivity contribution in [1.29, 1.82) is 0 Å². The van der Waals surface area contributed by atoms with Crippen LogP contribution in [0.15, 0.2) is 0 Å². The van der Waals surface area contributed by atoms with E-state index in [-0.39, 0.29) is 11.9 Å². The highest BCUT2D eigenvalue weighted by Gasteiger charge is 2.14. The highest BCUT2D eigenvalue weighted by Crippen LogP contribution is 2.16. The van der Waals surface area contributed by atoms with Crippen LogP contribution in [0.3, 0.4) is 0 Å². The Kier molecular flexibility index (Phi) is 6.89. The summed E-state index contributed by atoms with van der Waals surface area (Å²) in [6.07, 6.45) is 1.23. The molecule has 0 aliphatic rings. The van der Waals surface area contributed by atoms with Gasteiger partial charge in [-0.25, -0.2) is 0 Å². The molecular formula is C16H29N3O2. The van der Waals surface area contributed by atoms with Gasteiger partial charge in [0, 0.05) is 31.8 Å². The van der Waals surface area contributed by atoms with Crippen molar-refractivity contribution in [2.75, 3.05) is 13.7 Å². The maximum absolute atomic E-state index is 11.9. The largest absolute Gasteiger partial charge is 0.383 e. The van der Waals surface area contributed by atoms with Gasteiger partial charge in [0.05, 0.1) is 12.3 Å². The van der Waals surface area contributed by atoms with E-state index in [1.54, 1.807) is 7.11 Å². The average Bonchev–Trinajstić information content (AvgIpc) is 2.61. The number of carbonyl (C=O) groups is 1. The van der Waals surface area contributed by atoms with Crippen LogP contribution in [0.2, 0.25) is 0 Å². The lowest BCUT2D eigenvalue weighted by molar-refractivity contribution is -0.122. The highest BCUT2D eigenvalue weighted by atomic mass is 16.5. The van der Waals surface area contributed by atoms with Crippen LogP contribution >= 0.6 is 0 Å². The zero-order valence-electron chi connectivity index (χ0n) is 14.2. The molecule has 0 saturated carbocycles. The van der Waals surface area contributed by atoms with Crippen LogP contribution in [0.5, 0.6) is 0 Å². The summed E-state index contributed by atoms with van der Waals surface area (Å²) in [7, 11) is 1.64. The molecule has 1 unspecified atom stereocenters. The van der Waals surface area contributed by atoms with Crippen LogP contribution in [-0.4, -0.2) is 35.4 Å². The molecule has 1 heterocycles. The molecule has 0 radical (unpaired) electrons. The van der Waals surface area contributed by atoms with Crippen LogP contribution in [0.1, 0.15) is 44.1 Å². The van der Waals surface area contributed by atoms with Gasteiger partial charge in [-0.15, -0.1) is 0 Å². The van der Waals surface area contributed by atoms with E-state index in [0.717, 1.165) is 18.7 Å². The fraction of sp³-hybridized carbons (Fsp3) is 0.750. The Labute approximate surface area is 128 Å². The molecule has 0 spiro atoms. The van der Waals surface area contributed by atoms with Gasteiger partial charge in [0.1, 0.15) is 0 Å². The van der Waals surface area contributed by atoms with Gasteiger partial charge >= 0.3 is 0 Å². The zero-order valence-corrected chi connectivity index (χ0v) is 14.2. The van der Waals surface area contributed by atoms with Crippen molar-refractivity contribution in [3.8, 4) is 0 Å². The Morgan fingerprint density at radius 1 is 1.33 bits per heavy atom. The Bertz CT molecular complexity index is 466. The molecule has 1 aromatic rings. The van der Waals surface area contributed by atoms with E-state index < -0.39 is 0 Å². The second-order valence-corrected chi connectivity index (χ2v) is 6.15. The van der Waals surface area contributed by atoms with Crippen LogP contribution in [0, 0.1) is 19.8 Å². The number of nitrogens with one attached hydrogen (secondary N) is 1. The van der Waals surface area contributed by atoms with Gasteiger partial charge in [-0.05, 0) is 38.7 Å². The summed E-state index contributed by atoms with van der Waals surface area (Å²) in [5.74, 6) is 0.629. The van der Waals surface area contributed by atoms with Crippen molar-refractivity contribution >= 4 is 5.91 Å².